The van der Waals surface area contributed by atoms with Gasteiger partial charge in [0.1, 0.15) is 0 Å². The van der Waals surface area contributed by atoms with Crippen LogP contribution in [0.1, 0.15) is 46.5 Å². The molecule has 20 heavy (non-hydrogen) atoms. The van der Waals surface area contributed by atoms with E-state index >= 15 is 0 Å². The molecule has 0 aliphatic rings. The standard InChI is InChI=1S/C14H30N4O2/c1-10(2)8-11(3)18-13(19)9-17-14(20)12(16)6-4-5-7-15/h10-12H,4-9,15-16H2,1-3H3,(H,17,20)(H,18,19)/t11-,12+/m1/s1. The third kappa shape index (κ3) is 9.75. The minimum atomic E-state index is -0.567. The molecule has 0 radical (unpaired) electrons. The number of carbonyl (C=O) groups excluding carboxylic acids is 2. The van der Waals surface area contributed by atoms with E-state index in [0.717, 1.165) is 19.3 Å². The van der Waals surface area contributed by atoms with E-state index in [1.165, 1.54) is 0 Å². The summed E-state index contributed by atoms with van der Waals surface area (Å²) in [6, 6.07) is -0.458. The summed E-state index contributed by atoms with van der Waals surface area (Å²) in [6.07, 6.45) is 3.18. The van der Waals surface area contributed by atoms with Crippen LogP contribution in [-0.4, -0.2) is 37.0 Å². The van der Waals surface area contributed by atoms with Crippen LogP contribution in [0.3, 0.4) is 0 Å². The lowest BCUT2D eigenvalue weighted by Gasteiger charge is -2.17. The maximum absolute atomic E-state index is 11.7. The zero-order valence-corrected chi connectivity index (χ0v) is 12.9. The summed E-state index contributed by atoms with van der Waals surface area (Å²) in [4.78, 5) is 23.3. The van der Waals surface area contributed by atoms with Crippen LogP contribution in [0.5, 0.6) is 0 Å². The normalized spacial score (nSPS) is 13.9. The van der Waals surface area contributed by atoms with Gasteiger partial charge in [0.2, 0.25) is 11.8 Å². The summed E-state index contributed by atoms with van der Waals surface area (Å²) in [7, 11) is 0. The predicted octanol–water partition coefficient (Wildman–Crippen LogP) is 0.110. The van der Waals surface area contributed by atoms with Crippen molar-refractivity contribution in [3.63, 3.8) is 0 Å². The maximum atomic E-state index is 11.7. The second-order valence-electron chi connectivity index (χ2n) is 5.71. The van der Waals surface area contributed by atoms with E-state index in [2.05, 4.69) is 24.5 Å². The van der Waals surface area contributed by atoms with Crippen LogP contribution in [0.25, 0.3) is 0 Å². The van der Waals surface area contributed by atoms with Gasteiger partial charge in [0, 0.05) is 6.04 Å². The van der Waals surface area contributed by atoms with Crippen LogP contribution >= 0.6 is 0 Å². The summed E-state index contributed by atoms with van der Waals surface area (Å²) in [5, 5.41) is 5.41. The van der Waals surface area contributed by atoms with Crippen molar-refractivity contribution in [2.45, 2.75) is 58.5 Å². The third-order valence-corrected chi connectivity index (χ3v) is 2.96. The number of amides is 2. The van der Waals surface area contributed by atoms with Crippen LogP contribution < -0.4 is 22.1 Å². The Morgan fingerprint density at radius 1 is 1.15 bits per heavy atom. The van der Waals surface area contributed by atoms with Crippen molar-refractivity contribution < 1.29 is 9.59 Å². The molecule has 0 aromatic carbocycles. The molecule has 6 N–H and O–H groups in total. The van der Waals surface area contributed by atoms with Gasteiger partial charge in [-0.05, 0) is 38.6 Å². The fraction of sp³-hybridized carbons (Fsp3) is 0.857. The summed E-state index contributed by atoms with van der Waals surface area (Å²) in [5.41, 5.74) is 11.1. The van der Waals surface area contributed by atoms with Gasteiger partial charge in [-0.3, -0.25) is 9.59 Å². The topological polar surface area (TPSA) is 110 Å². The molecule has 0 aromatic rings. The van der Waals surface area contributed by atoms with Gasteiger partial charge in [-0.2, -0.15) is 0 Å². The van der Waals surface area contributed by atoms with Crippen molar-refractivity contribution in [3.8, 4) is 0 Å². The SMILES string of the molecule is CC(C)C[C@@H](C)NC(=O)CNC(=O)[C@@H](N)CCCCN. The molecule has 2 amide bonds. The highest BCUT2D eigenvalue weighted by molar-refractivity contribution is 5.87. The number of unbranched alkanes of at least 4 members (excludes halogenated alkanes) is 1. The summed E-state index contributed by atoms with van der Waals surface area (Å²) >= 11 is 0. The lowest BCUT2D eigenvalue weighted by molar-refractivity contribution is -0.127. The molecule has 118 valence electrons. The van der Waals surface area contributed by atoms with Crippen LogP contribution in [0.4, 0.5) is 0 Å². The van der Waals surface area contributed by atoms with E-state index in [1.807, 2.05) is 6.92 Å². The number of carbonyl (C=O) groups is 2. The number of nitrogens with two attached hydrogens (primary N) is 2. The molecule has 0 aliphatic carbocycles. The van der Waals surface area contributed by atoms with Crippen LogP contribution in [0, 0.1) is 5.92 Å². The molecule has 0 bridgehead atoms. The largest absolute Gasteiger partial charge is 0.352 e. The molecule has 0 rings (SSSR count). The monoisotopic (exact) mass is 286 g/mol. The first-order chi connectivity index (χ1) is 9.36. The van der Waals surface area contributed by atoms with Gasteiger partial charge < -0.3 is 22.1 Å². The maximum Gasteiger partial charge on any atom is 0.239 e. The predicted molar refractivity (Wildman–Crippen MR) is 81.0 cm³/mol. The molecule has 0 saturated carbocycles. The van der Waals surface area contributed by atoms with Gasteiger partial charge in [0.25, 0.3) is 0 Å². The van der Waals surface area contributed by atoms with Gasteiger partial charge in [0.15, 0.2) is 0 Å². The number of hydrogen-bond donors (Lipinski definition) is 4. The highest BCUT2D eigenvalue weighted by Crippen LogP contribution is 2.03. The van der Waals surface area contributed by atoms with E-state index in [4.69, 9.17) is 11.5 Å². The van der Waals surface area contributed by atoms with Crippen LogP contribution in [0.15, 0.2) is 0 Å². The number of nitrogens with one attached hydrogen (secondary N) is 2. The summed E-state index contributed by atoms with van der Waals surface area (Å²) in [5.74, 6) is 0.0604. The van der Waals surface area contributed by atoms with E-state index in [0.29, 0.717) is 18.9 Å². The summed E-state index contributed by atoms with van der Waals surface area (Å²) in [6.45, 7) is 6.74. The molecule has 6 nitrogen and oxygen atoms in total. The Balaban J connectivity index is 3.84. The van der Waals surface area contributed by atoms with Crippen LogP contribution in [-0.2, 0) is 9.59 Å². The Kier molecular flexibility index (Phi) is 10.0. The zero-order valence-electron chi connectivity index (χ0n) is 12.9. The molecule has 0 spiro atoms. The molecule has 6 heteroatoms. The van der Waals surface area contributed by atoms with E-state index in [9.17, 15) is 9.59 Å². The lowest BCUT2D eigenvalue weighted by atomic mass is 10.1. The lowest BCUT2D eigenvalue weighted by Crippen LogP contribution is -2.46. The fourth-order valence-electron chi connectivity index (χ4n) is 2.03. The van der Waals surface area contributed by atoms with Crippen molar-refractivity contribution >= 4 is 11.8 Å². The molecule has 0 aromatic heterocycles. The van der Waals surface area contributed by atoms with Gasteiger partial charge in [0.05, 0.1) is 12.6 Å². The van der Waals surface area contributed by atoms with Crippen molar-refractivity contribution in [2.24, 2.45) is 17.4 Å². The van der Waals surface area contributed by atoms with Crippen LogP contribution in [0.2, 0.25) is 0 Å². The molecular formula is C14H30N4O2. The molecule has 0 aliphatic heterocycles. The number of hydrogen-bond acceptors (Lipinski definition) is 4. The van der Waals surface area contributed by atoms with E-state index < -0.39 is 6.04 Å². The molecule has 0 fully saturated rings. The Labute approximate surface area is 122 Å². The van der Waals surface area contributed by atoms with Crippen molar-refractivity contribution in [1.29, 1.82) is 0 Å². The van der Waals surface area contributed by atoms with Gasteiger partial charge in [-0.25, -0.2) is 0 Å². The Morgan fingerprint density at radius 3 is 2.35 bits per heavy atom. The highest BCUT2D eigenvalue weighted by atomic mass is 16.2. The van der Waals surface area contributed by atoms with Gasteiger partial charge in [-0.1, -0.05) is 20.3 Å². The van der Waals surface area contributed by atoms with E-state index in [-0.39, 0.29) is 24.4 Å². The Bertz CT molecular complexity index is 295. The summed E-state index contributed by atoms with van der Waals surface area (Å²) < 4.78 is 0. The smallest absolute Gasteiger partial charge is 0.239 e. The third-order valence-electron chi connectivity index (χ3n) is 2.96. The van der Waals surface area contributed by atoms with Crippen molar-refractivity contribution in [2.75, 3.05) is 13.1 Å². The fourth-order valence-corrected chi connectivity index (χ4v) is 2.03. The minimum Gasteiger partial charge on any atom is -0.352 e. The first-order valence-corrected chi connectivity index (χ1v) is 7.39. The van der Waals surface area contributed by atoms with Gasteiger partial charge in [-0.15, -0.1) is 0 Å². The zero-order chi connectivity index (χ0) is 15.5. The van der Waals surface area contributed by atoms with Gasteiger partial charge >= 0.3 is 0 Å². The first-order valence-electron chi connectivity index (χ1n) is 7.39. The Hall–Kier alpha value is -1.14. The molecule has 0 saturated heterocycles. The number of rotatable bonds is 10. The first kappa shape index (κ1) is 18.9. The average molecular weight is 286 g/mol. The molecular weight excluding hydrogens is 256 g/mol. The minimum absolute atomic E-state index is 0.0220. The highest BCUT2D eigenvalue weighted by Gasteiger charge is 2.14. The molecule has 0 heterocycles. The molecule has 2 atom stereocenters. The van der Waals surface area contributed by atoms with E-state index in [1.54, 1.807) is 0 Å². The van der Waals surface area contributed by atoms with Crippen molar-refractivity contribution in [3.05, 3.63) is 0 Å². The molecule has 0 unspecified atom stereocenters. The van der Waals surface area contributed by atoms with Crippen molar-refractivity contribution in [1.82, 2.24) is 10.6 Å². The Morgan fingerprint density at radius 2 is 1.80 bits per heavy atom. The second-order valence-corrected chi connectivity index (χ2v) is 5.71. The quantitative estimate of drug-likeness (QED) is 0.427. The average Bonchev–Trinajstić information content (AvgIpc) is 2.34. The second kappa shape index (κ2) is 10.6.